The zero-order chi connectivity index (χ0) is 19.4. The van der Waals surface area contributed by atoms with E-state index in [0.29, 0.717) is 17.1 Å². The van der Waals surface area contributed by atoms with Crippen molar-refractivity contribution < 1.29 is 22.7 Å². The summed E-state index contributed by atoms with van der Waals surface area (Å²) in [4.78, 5) is 19.5. The molecule has 3 aromatic rings. The van der Waals surface area contributed by atoms with Gasteiger partial charge >= 0.3 is 5.97 Å². The summed E-state index contributed by atoms with van der Waals surface area (Å²) < 4.78 is 44.8. The van der Waals surface area contributed by atoms with E-state index >= 15 is 0 Å². The number of hydrogen-bond donors (Lipinski definition) is 2. The molecule has 27 heavy (non-hydrogen) atoms. The number of hydrogen-bond acceptors (Lipinski definition) is 6. The fraction of sp³-hybridized carbons (Fsp3) is 0.0556. The lowest BCUT2D eigenvalue weighted by atomic mass is 10.2. The zero-order valence-electron chi connectivity index (χ0n) is 14.0. The summed E-state index contributed by atoms with van der Waals surface area (Å²) in [6, 6.07) is 9.82. The number of methoxy groups -OCH3 is 1. The van der Waals surface area contributed by atoms with Crippen LogP contribution in [-0.4, -0.2) is 23.0 Å². The van der Waals surface area contributed by atoms with E-state index in [-0.39, 0.29) is 11.5 Å². The molecular formula is C18H13F3N4O2. The molecule has 1 heterocycles. The van der Waals surface area contributed by atoms with Crippen LogP contribution < -0.4 is 10.6 Å². The van der Waals surface area contributed by atoms with Crippen LogP contribution in [0.3, 0.4) is 0 Å². The first-order valence-electron chi connectivity index (χ1n) is 7.66. The van der Waals surface area contributed by atoms with E-state index in [0.717, 1.165) is 12.1 Å². The minimum absolute atomic E-state index is 0.154. The predicted molar refractivity (Wildman–Crippen MR) is 92.7 cm³/mol. The first-order valence-corrected chi connectivity index (χ1v) is 7.66. The monoisotopic (exact) mass is 374 g/mol. The van der Waals surface area contributed by atoms with Gasteiger partial charge in [-0.3, -0.25) is 0 Å². The minimum atomic E-state index is -1.58. The third-order valence-corrected chi connectivity index (χ3v) is 3.52. The number of esters is 1. The number of carbonyl (C=O) groups excluding carboxylic acids is 1. The molecule has 0 atom stereocenters. The lowest BCUT2D eigenvalue weighted by Crippen LogP contribution is -2.03. The highest BCUT2D eigenvalue weighted by molar-refractivity contribution is 5.90. The Hall–Kier alpha value is -3.62. The Kier molecular flexibility index (Phi) is 5.20. The van der Waals surface area contributed by atoms with Crippen LogP contribution >= 0.6 is 0 Å². The highest BCUT2D eigenvalue weighted by Gasteiger charge is 2.14. The van der Waals surface area contributed by atoms with Crippen molar-refractivity contribution in [2.45, 2.75) is 0 Å². The van der Waals surface area contributed by atoms with Crippen LogP contribution in [0, 0.1) is 17.5 Å². The number of nitrogens with zero attached hydrogens (tertiary/aromatic N) is 2. The molecule has 9 heteroatoms. The van der Waals surface area contributed by atoms with Crippen molar-refractivity contribution in [3.05, 3.63) is 71.8 Å². The Morgan fingerprint density at radius 2 is 1.70 bits per heavy atom. The van der Waals surface area contributed by atoms with Crippen LogP contribution in [0.2, 0.25) is 0 Å². The highest BCUT2D eigenvalue weighted by atomic mass is 19.2. The number of benzene rings is 2. The second-order valence-electron chi connectivity index (χ2n) is 5.33. The molecule has 0 saturated carbocycles. The third kappa shape index (κ3) is 4.14. The third-order valence-electron chi connectivity index (χ3n) is 3.52. The van der Waals surface area contributed by atoms with Gasteiger partial charge in [0, 0.05) is 11.8 Å². The molecular weight excluding hydrogens is 361 g/mol. The van der Waals surface area contributed by atoms with Gasteiger partial charge in [0.2, 0.25) is 0 Å². The summed E-state index contributed by atoms with van der Waals surface area (Å²) in [6.07, 6.45) is 1.20. The molecule has 0 radical (unpaired) electrons. The standard InChI is InChI=1S/C18H13F3N4O2/c1-27-18(26)10-3-2-4-11(7-10)24-14-8-15(23-9-22-14)25-13-6-5-12(19)16(20)17(13)21/h2-9H,1H3,(H2,22,23,24,25). The minimum Gasteiger partial charge on any atom is -0.465 e. The van der Waals surface area contributed by atoms with Crippen molar-refractivity contribution >= 4 is 29.0 Å². The number of nitrogens with one attached hydrogen (secondary N) is 2. The van der Waals surface area contributed by atoms with Crippen molar-refractivity contribution in [1.29, 1.82) is 0 Å². The normalized spacial score (nSPS) is 10.4. The molecule has 2 N–H and O–H groups in total. The summed E-state index contributed by atoms with van der Waals surface area (Å²) in [5.41, 5.74) is 0.631. The van der Waals surface area contributed by atoms with Crippen molar-refractivity contribution in [3.63, 3.8) is 0 Å². The Labute approximate surface area is 152 Å². The fourth-order valence-corrected chi connectivity index (χ4v) is 2.24. The SMILES string of the molecule is COC(=O)c1cccc(Nc2cc(Nc3ccc(F)c(F)c3F)ncn2)c1. The van der Waals surface area contributed by atoms with Crippen LogP contribution in [0.25, 0.3) is 0 Å². The van der Waals surface area contributed by atoms with Crippen LogP contribution in [0.15, 0.2) is 48.8 Å². The molecule has 2 aromatic carbocycles. The summed E-state index contributed by atoms with van der Waals surface area (Å²) in [6.45, 7) is 0. The molecule has 0 amide bonds. The predicted octanol–water partition coefficient (Wildman–Crippen LogP) is 4.17. The van der Waals surface area contributed by atoms with Gasteiger partial charge in [0.25, 0.3) is 0 Å². The van der Waals surface area contributed by atoms with Gasteiger partial charge in [-0.05, 0) is 30.3 Å². The van der Waals surface area contributed by atoms with Gasteiger partial charge in [-0.2, -0.15) is 0 Å². The van der Waals surface area contributed by atoms with E-state index in [1.165, 1.54) is 19.5 Å². The van der Waals surface area contributed by atoms with Crippen molar-refractivity contribution in [2.75, 3.05) is 17.7 Å². The van der Waals surface area contributed by atoms with E-state index in [9.17, 15) is 18.0 Å². The van der Waals surface area contributed by atoms with E-state index in [1.54, 1.807) is 24.3 Å². The van der Waals surface area contributed by atoms with Gasteiger partial charge in [-0.1, -0.05) is 6.07 Å². The molecule has 0 unspecified atom stereocenters. The maximum atomic E-state index is 13.8. The molecule has 6 nitrogen and oxygen atoms in total. The zero-order valence-corrected chi connectivity index (χ0v) is 14.0. The quantitative estimate of drug-likeness (QED) is 0.516. The summed E-state index contributed by atoms with van der Waals surface area (Å²) in [5, 5.41) is 5.52. The maximum Gasteiger partial charge on any atom is 0.337 e. The molecule has 0 aliphatic rings. The Morgan fingerprint density at radius 3 is 2.44 bits per heavy atom. The Bertz CT molecular complexity index is 998. The van der Waals surface area contributed by atoms with Gasteiger partial charge in [0.05, 0.1) is 18.4 Å². The van der Waals surface area contributed by atoms with E-state index in [2.05, 4.69) is 25.3 Å². The molecule has 0 aliphatic heterocycles. The molecule has 0 fully saturated rings. The fourth-order valence-electron chi connectivity index (χ4n) is 2.24. The largest absolute Gasteiger partial charge is 0.465 e. The molecule has 0 spiro atoms. The molecule has 0 aliphatic carbocycles. The molecule has 0 bridgehead atoms. The van der Waals surface area contributed by atoms with Crippen molar-refractivity contribution in [1.82, 2.24) is 9.97 Å². The van der Waals surface area contributed by atoms with E-state index < -0.39 is 23.4 Å². The van der Waals surface area contributed by atoms with E-state index in [4.69, 9.17) is 0 Å². The smallest absolute Gasteiger partial charge is 0.337 e. The summed E-state index contributed by atoms with van der Waals surface area (Å²) in [7, 11) is 1.28. The maximum absolute atomic E-state index is 13.8. The first-order chi connectivity index (χ1) is 13.0. The Balaban J connectivity index is 1.80. The van der Waals surface area contributed by atoms with Gasteiger partial charge < -0.3 is 15.4 Å². The number of rotatable bonds is 5. The summed E-state index contributed by atoms with van der Waals surface area (Å²) in [5.74, 6) is -4.22. The van der Waals surface area contributed by atoms with E-state index in [1.807, 2.05) is 0 Å². The van der Waals surface area contributed by atoms with Crippen LogP contribution in [0.4, 0.5) is 36.2 Å². The van der Waals surface area contributed by atoms with Gasteiger partial charge in [0.15, 0.2) is 17.5 Å². The van der Waals surface area contributed by atoms with Gasteiger partial charge in [-0.25, -0.2) is 27.9 Å². The number of carbonyl (C=O) groups is 1. The lowest BCUT2D eigenvalue weighted by molar-refractivity contribution is 0.0601. The number of ether oxygens (including phenoxy) is 1. The average Bonchev–Trinajstić information content (AvgIpc) is 2.68. The lowest BCUT2D eigenvalue weighted by Gasteiger charge is -2.10. The second kappa shape index (κ2) is 7.73. The van der Waals surface area contributed by atoms with Gasteiger partial charge in [-0.15, -0.1) is 0 Å². The van der Waals surface area contributed by atoms with Crippen LogP contribution in [0.5, 0.6) is 0 Å². The molecule has 1 aromatic heterocycles. The first kappa shape index (κ1) is 18.2. The molecule has 0 saturated heterocycles. The van der Waals surface area contributed by atoms with Crippen molar-refractivity contribution in [2.24, 2.45) is 0 Å². The Morgan fingerprint density at radius 1 is 0.963 bits per heavy atom. The average molecular weight is 374 g/mol. The molecule has 3 rings (SSSR count). The van der Waals surface area contributed by atoms with Crippen LogP contribution in [0.1, 0.15) is 10.4 Å². The number of aromatic nitrogens is 2. The van der Waals surface area contributed by atoms with Crippen LogP contribution in [-0.2, 0) is 4.74 Å². The highest BCUT2D eigenvalue weighted by Crippen LogP contribution is 2.24. The topological polar surface area (TPSA) is 76.1 Å². The molecule has 138 valence electrons. The second-order valence-corrected chi connectivity index (χ2v) is 5.33. The summed E-state index contributed by atoms with van der Waals surface area (Å²) >= 11 is 0. The number of halogens is 3. The van der Waals surface area contributed by atoms with Crippen molar-refractivity contribution in [3.8, 4) is 0 Å². The van der Waals surface area contributed by atoms with Gasteiger partial charge in [0.1, 0.15) is 18.0 Å². The number of anilines is 4.